The largest absolute Gasteiger partial charge is 0.344 e. The maximum Gasteiger partial charge on any atom is 0.129 e. The number of pyridine rings is 1. The Bertz CT molecular complexity index is 625. The molecule has 1 atom stereocenters. The summed E-state index contributed by atoms with van der Waals surface area (Å²) >= 11 is 0. The van der Waals surface area contributed by atoms with Crippen LogP contribution in [0.2, 0.25) is 0 Å². The third-order valence-corrected chi connectivity index (χ3v) is 3.54. The molecule has 0 fully saturated rings. The highest BCUT2D eigenvalue weighted by molar-refractivity contribution is 6.00. The van der Waals surface area contributed by atoms with Crippen LogP contribution in [0, 0.1) is 11.2 Å². The quantitative estimate of drug-likeness (QED) is 0.895. The van der Waals surface area contributed by atoms with Crippen LogP contribution in [0.4, 0.5) is 4.39 Å². The molecule has 0 saturated carbocycles. The first-order valence-electron chi connectivity index (χ1n) is 6.22. The van der Waals surface area contributed by atoms with Crippen molar-refractivity contribution in [1.29, 1.82) is 5.41 Å². The molecule has 1 N–H and O–H groups in total. The molecule has 0 aliphatic carbocycles. The molecule has 2 heterocycles. The molecule has 0 bridgehead atoms. The lowest BCUT2D eigenvalue weighted by molar-refractivity contribution is 0.335. The second kappa shape index (κ2) is 4.46. The van der Waals surface area contributed by atoms with Crippen molar-refractivity contribution >= 4 is 5.84 Å². The number of aromatic nitrogens is 1. The van der Waals surface area contributed by atoms with Crippen LogP contribution in [-0.4, -0.2) is 15.7 Å². The number of hydrogen-bond acceptors (Lipinski definition) is 2. The highest BCUT2D eigenvalue weighted by Gasteiger charge is 2.29. The van der Waals surface area contributed by atoms with Crippen LogP contribution in [0.3, 0.4) is 0 Å². The molecule has 1 aliphatic rings. The van der Waals surface area contributed by atoms with E-state index in [0.29, 0.717) is 17.9 Å². The van der Waals surface area contributed by atoms with Crippen molar-refractivity contribution < 1.29 is 4.39 Å². The highest BCUT2D eigenvalue weighted by atomic mass is 19.1. The summed E-state index contributed by atoms with van der Waals surface area (Å²) in [6, 6.07) is 10.4. The lowest BCUT2D eigenvalue weighted by Gasteiger charge is -2.25. The normalized spacial score (nSPS) is 15.5. The summed E-state index contributed by atoms with van der Waals surface area (Å²) in [6.07, 6.45) is 1.75. The first-order chi connectivity index (χ1) is 9.16. The highest BCUT2D eigenvalue weighted by Crippen LogP contribution is 2.30. The molecular formula is C15H14FN3. The summed E-state index contributed by atoms with van der Waals surface area (Å²) in [6.45, 7) is 2.64. The summed E-state index contributed by atoms with van der Waals surface area (Å²) in [4.78, 5) is 6.26. The van der Waals surface area contributed by atoms with E-state index in [0.717, 1.165) is 11.3 Å². The average molecular weight is 255 g/mol. The molecule has 19 heavy (non-hydrogen) atoms. The van der Waals surface area contributed by atoms with Gasteiger partial charge in [0.05, 0.1) is 11.7 Å². The van der Waals surface area contributed by atoms with Crippen LogP contribution in [0.15, 0.2) is 42.6 Å². The number of halogens is 1. The van der Waals surface area contributed by atoms with Gasteiger partial charge >= 0.3 is 0 Å². The maximum atomic E-state index is 13.3. The fourth-order valence-corrected chi connectivity index (χ4v) is 2.44. The van der Waals surface area contributed by atoms with Crippen LogP contribution in [0.5, 0.6) is 0 Å². The number of nitrogens with one attached hydrogen (secondary N) is 1. The van der Waals surface area contributed by atoms with Gasteiger partial charge in [0.15, 0.2) is 0 Å². The minimum atomic E-state index is -0.296. The van der Waals surface area contributed by atoms with Gasteiger partial charge in [-0.15, -0.1) is 0 Å². The molecule has 1 unspecified atom stereocenters. The van der Waals surface area contributed by atoms with E-state index < -0.39 is 0 Å². The third kappa shape index (κ3) is 1.99. The Balaban J connectivity index is 1.92. The Morgan fingerprint density at radius 2 is 2.16 bits per heavy atom. The van der Waals surface area contributed by atoms with Gasteiger partial charge in [-0.1, -0.05) is 12.1 Å². The number of benzene rings is 1. The van der Waals surface area contributed by atoms with Gasteiger partial charge in [-0.25, -0.2) is 4.39 Å². The van der Waals surface area contributed by atoms with Crippen molar-refractivity contribution in [2.45, 2.75) is 19.5 Å². The lowest BCUT2D eigenvalue weighted by atomic mass is 10.1. The van der Waals surface area contributed by atoms with Crippen molar-refractivity contribution in [2.24, 2.45) is 0 Å². The molecule has 0 spiro atoms. The van der Waals surface area contributed by atoms with Crippen molar-refractivity contribution in [3.05, 3.63) is 65.2 Å². The van der Waals surface area contributed by atoms with E-state index in [9.17, 15) is 4.39 Å². The van der Waals surface area contributed by atoms with Crippen LogP contribution in [0.25, 0.3) is 0 Å². The first kappa shape index (κ1) is 11.8. The van der Waals surface area contributed by atoms with Gasteiger partial charge < -0.3 is 4.90 Å². The van der Waals surface area contributed by atoms with E-state index in [1.54, 1.807) is 12.3 Å². The molecule has 4 heteroatoms. The van der Waals surface area contributed by atoms with Crippen molar-refractivity contribution in [3.63, 3.8) is 0 Å². The second-order valence-corrected chi connectivity index (χ2v) is 4.71. The van der Waals surface area contributed by atoms with E-state index in [-0.39, 0.29) is 11.9 Å². The third-order valence-electron chi connectivity index (χ3n) is 3.54. The fourth-order valence-electron chi connectivity index (χ4n) is 2.44. The molecule has 3 rings (SSSR count). The molecule has 2 aromatic rings. The zero-order valence-electron chi connectivity index (χ0n) is 10.6. The van der Waals surface area contributed by atoms with Gasteiger partial charge in [-0.05, 0) is 36.8 Å². The minimum Gasteiger partial charge on any atom is -0.344 e. The van der Waals surface area contributed by atoms with E-state index in [2.05, 4.69) is 4.98 Å². The topological polar surface area (TPSA) is 40.0 Å². The van der Waals surface area contributed by atoms with Crippen LogP contribution >= 0.6 is 0 Å². The summed E-state index contributed by atoms with van der Waals surface area (Å²) in [7, 11) is 0. The molecule has 0 radical (unpaired) electrons. The Kier molecular flexibility index (Phi) is 2.78. The van der Waals surface area contributed by atoms with E-state index in [1.165, 1.54) is 12.1 Å². The smallest absolute Gasteiger partial charge is 0.129 e. The number of nitrogens with zero attached hydrogens (tertiary/aromatic N) is 2. The minimum absolute atomic E-state index is 0.00385. The van der Waals surface area contributed by atoms with Crippen molar-refractivity contribution in [1.82, 2.24) is 9.88 Å². The van der Waals surface area contributed by atoms with Gasteiger partial charge in [0.25, 0.3) is 0 Å². The van der Waals surface area contributed by atoms with Gasteiger partial charge in [0.1, 0.15) is 11.7 Å². The Hall–Kier alpha value is -2.23. The molecule has 3 nitrogen and oxygen atoms in total. The summed E-state index contributed by atoms with van der Waals surface area (Å²) in [5, 5.41) is 8.20. The van der Waals surface area contributed by atoms with E-state index >= 15 is 0 Å². The number of fused-ring (bicyclic) bond motifs is 1. The van der Waals surface area contributed by atoms with E-state index in [4.69, 9.17) is 5.41 Å². The molecule has 1 aromatic heterocycles. The predicted molar refractivity (Wildman–Crippen MR) is 71.4 cm³/mol. The lowest BCUT2D eigenvalue weighted by Crippen LogP contribution is -2.27. The predicted octanol–water partition coefficient (Wildman–Crippen LogP) is 3.12. The van der Waals surface area contributed by atoms with E-state index in [1.807, 2.05) is 30.0 Å². The molecule has 1 aromatic carbocycles. The van der Waals surface area contributed by atoms with Crippen LogP contribution < -0.4 is 0 Å². The molecule has 96 valence electrons. The summed E-state index contributed by atoms with van der Waals surface area (Å²) in [5.41, 5.74) is 2.59. The zero-order chi connectivity index (χ0) is 13.4. The van der Waals surface area contributed by atoms with Gasteiger partial charge in [0, 0.05) is 18.3 Å². The zero-order valence-corrected chi connectivity index (χ0v) is 10.6. The average Bonchev–Trinajstić information content (AvgIpc) is 2.76. The number of amidine groups is 1. The summed E-state index contributed by atoms with van der Waals surface area (Å²) < 4.78 is 13.3. The standard InChI is InChI=1S/C15H14FN3/c1-10(14-4-2-3-7-18-14)19-9-11-5-6-12(16)8-13(11)15(19)17/h2-8,10,17H,9H2,1H3. The summed E-state index contributed by atoms with van der Waals surface area (Å²) in [5.74, 6) is 0.0727. The molecule has 1 aliphatic heterocycles. The monoisotopic (exact) mass is 255 g/mol. The van der Waals surface area contributed by atoms with Crippen molar-refractivity contribution in [2.75, 3.05) is 0 Å². The second-order valence-electron chi connectivity index (χ2n) is 4.71. The molecular weight excluding hydrogens is 241 g/mol. The van der Waals surface area contributed by atoms with Crippen LogP contribution in [0.1, 0.15) is 29.8 Å². The van der Waals surface area contributed by atoms with Gasteiger partial charge in [-0.2, -0.15) is 0 Å². The Morgan fingerprint density at radius 1 is 1.32 bits per heavy atom. The fraction of sp³-hybridized carbons (Fsp3) is 0.200. The van der Waals surface area contributed by atoms with Gasteiger partial charge in [0.2, 0.25) is 0 Å². The Morgan fingerprint density at radius 3 is 2.89 bits per heavy atom. The SMILES string of the molecule is CC(c1ccccn1)N1Cc2ccc(F)cc2C1=N. The molecule has 0 saturated heterocycles. The van der Waals surface area contributed by atoms with Crippen molar-refractivity contribution in [3.8, 4) is 0 Å². The van der Waals surface area contributed by atoms with Gasteiger partial charge in [-0.3, -0.25) is 10.4 Å². The Labute approximate surface area is 111 Å². The maximum absolute atomic E-state index is 13.3. The molecule has 0 amide bonds. The number of hydrogen-bond donors (Lipinski definition) is 1. The van der Waals surface area contributed by atoms with Crippen LogP contribution in [-0.2, 0) is 6.54 Å². The number of rotatable bonds is 2. The first-order valence-corrected chi connectivity index (χ1v) is 6.22.